The minimum absolute atomic E-state index is 0.370. The normalized spacial score (nSPS) is 33.2. The predicted octanol–water partition coefficient (Wildman–Crippen LogP) is 2.96. The summed E-state index contributed by atoms with van der Waals surface area (Å²) in [5, 5.41) is 0. The van der Waals surface area contributed by atoms with E-state index in [1.807, 2.05) is 13.8 Å². The molecule has 1 rings (SSSR count). The van der Waals surface area contributed by atoms with E-state index < -0.39 is 0 Å². The molecule has 0 aromatic rings. The lowest BCUT2D eigenvalue weighted by Crippen LogP contribution is -2.45. The van der Waals surface area contributed by atoms with Crippen LogP contribution < -0.4 is 0 Å². The van der Waals surface area contributed by atoms with Crippen LogP contribution in [0.2, 0.25) is 0 Å². The average Bonchev–Trinajstić information content (AvgIpc) is 2.04. The van der Waals surface area contributed by atoms with Gasteiger partial charge in [0.25, 0.3) is 0 Å². The van der Waals surface area contributed by atoms with Crippen LogP contribution in [-0.2, 0) is 9.47 Å². The van der Waals surface area contributed by atoms with Gasteiger partial charge < -0.3 is 9.47 Å². The van der Waals surface area contributed by atoms with Gasteiger partial charge in [-0.2, -0.15) is 0 Å². The highest BCUT2D eigenvalue weighted by atomic mass is 16.7. The zero-order chi connectivity index (χ0) is 9.90. The van der Waals surface area contributed by atoms with Crippen molar-refractivity contribution in [3.05, 3.63) is 0 Å². The summed E-state index contributed by atoms with van der Waals surface area (Å²) < 4.78 is 11.5. The molecule has 0 aromatic carbocycles. The van der Waals surface area contributed by atoms with E-state index in [0.717, 1.165) is 19.4 Å². The molecule has 0 radical (unpaired) electrons. The number of ether oxygens (including phenoxy) is 2. The van der Waals surface area contributed by atoms with Crippen molar-refractivity contribution in [1.82, 2.24) is 0 Å². The number of hydrogen-bond donors (Lipinski definition) is 0. The molecule has 2 nitrogen and oxygen atoms in total. The van der Waals surface area contributed by atoms with Crippen LogP contribution in [-0.4, -0.2) is 18.5 Å². The zero-order valence-electron chi connectivity index (χ0n) is 9.30. The van der Waals surface area contributed by atoms with Gasteiger partial charge in [0.05, 0.1) is 12.7 Å². The molecule has 1 aliphatic heterocycles. The summed E-state index contributed by atoms with van der Waals surface area (Å²) >= 11 is 0. The smallest absolute Gasteiger partial charge is 0.163 e. The summed E-state index contributed by atoms with van der Waals surface area (Å²) in [6.45, 7) is 9.27. The van der Waals surface area contributed by atoms with Gasteiger partial charge in [-0.3, -0.25) is 0 Å². The lowest BCUT2D eigenvalue weighted by atomic mass is 9.95. The molecular formula is C11H22O2. The van der Waals surface area contributed by atoms with Crippen LogP contribution in [0.25, 0.3) is 0 Å². The Hall–Kier alpha value is -0.0800. The predicted molar refractivity (Wildman–Crippen MR) is 53.6 cm³/mol. The molecule has 78 valence electrons. The molecule has 1 heterocycles. The van der Waals surface area contributed by atoms with Gasteiger partial charge in [0.2, 0.25) is 0 Å². The van der Waals surface area contributed by atoms with Crippen LogP contribution in [0.15, 0.2) is 0 Å². The molecule has 0 aromatic heterocycles. The van der Waals surface area contributed by atoms with E-state index in [1.165, 1.54) is 6.42 Å². The topological polar surface area (TPSA) is 18.5 Å². The molecule has 1 aliphatic rings. The van der Waals surface area contributed by atoms with Gasteiger partial charge in [-0.25, -0.2) is 0 Å². The summed E-state index contributed by atoms with van der Waals surface area (Å²) in [7, 11) is 0. The quantitative estimate of drug-likeness (QED) is 0.674. The lowest BCUT2D eigenvalue weighted by molar-refractivity contribution is -0.294. The van der Waals surface area contributed by atoms with Gasteiger partial charge in [-0.05, 0) is 26.7 Å². The monoisotopic (exact) mass is 186 g/mol. The van der Waals surface area contributed by atoms with E-state index in [1.54, 1.807) is 0 Å². The third-order valence-electron chi connectivity index (χ3n) is 2.70. The molecule has 0 amide bonds. The van der Waals surface area contributed by atoms with E-state index in [-0.39, 0.29) is 5.79 Å². The molecule has 13 heavy (non-hydrogen) atoms. The van der Waals surface area contributed by atoms with Crippen LogP contribution in [0, 0.1) is 5.92 Å². The number of rotatable bonds is 3. The minimum Gasteiger partial charge on any atom is -0.350 e. The maximum absolute atomic E-state index is 5.90. The molecule has 1 fully saturated rings. The Morgan fingerprint density at radius 2 is 2.00 bits per heavy atom. The molecule has 0 spiro atoms. The molecule has 0 unspecified atom stereocenters. The third-order valence-corrected chi connectivity index (χ3v) is 2.70. The van der Waals surface area contributed by atoms with Crippen LogP contribution in [0.4, 0.5) is 0 Å². The fourth-order valence-corrected chi connectivity index (χ4v) is 1.87. The van der Waals surface area contributed by atoms with Gasteiger partial charge >= 0.3 is 0 Å². The average molecular weight is 186 g/mol. The Morgan fingerprint density at radius 1 is 1.31 bits per heavy atom. The summed E-state index contributed by atoms with van der Waals surface area (Å²) in [6.07, 6.45) is 3.90. The van der Waals surface area contributed by atoms with Crippen molar-refractivity contribution in [1.29, 1.82) is 0 Å². The lowest BCUT2D eigenvalue weighted by Gasteiger charge is -2.41. The fourth-order valence-electron chi connectivity index (χ4n) is 1.87. The van der Waals surface area contributed by atoms with Crippen molar-refractivity contribution in [2.24, 2.45) is 5.92 Å². The van der Waals surface area contributed by atoms with Crippen LogP contribution in [0.3, 0.4) is 0 Å². The molecule has 1 saturated heterocycles. The van der Waals surface area contributed by atoms with Crippen molar-refractivity contribution < 1.29 is 9.47 Å². The first kappa shape index (κ1) is 11.0. The molecule has 2 atom stereocenters. The summed E-state index contributed by atoms with van der Waals surface area (Å²) in [5.74, 6) is 0.221. The highest BCUT2D eigenvalue weighted by Crippen LogP contribution is 2.30. The summed E-state index contributed by atoms with van der Waals surface area (Å²) in [6, 6.07) is 0. The zero-order valence-corrected chi connectivity index (χ0v) is 9.30. The highest BCUT2D eigenvalue weighted by molar-refractivity contribution is 4.76. The summed E-state index contributed by atoms with van der Waals surface area (Å²) in [4.78, 5) is 0. The van der Waals surface area contributed by atoms with Crippen molar-refractivity contribution >= 4 is 0 Å². The third kappa shape index (κ3) is 2.96. The van der Waals surface area contributed by atoms with Gasteiger partial charge in [-0.1, -0.05) is 20.3 Å². The van der Waals surface area contributed by atoms with Gasteiger partial charge in [0.1, 0.15) is 0 Å². The molecule has 0 N–H and O–H groups in total. The van der Waals surface area contributed by atoms with Crippen molar-refractivity contribution in [2.75, 3.05) is 6.61 Å². The Bertz CT molecular complexity index is 154. The standard InChI is InChI=1S/C11H22O2/c1-5-7-10-9(6-2)8-12-11(3,4)13-10/h9-10H,5-8H2,1-4H3/t9-,10-/m1/s1. The summed E-state index contributed by atoms with van der Waals surface area (Å²) in [5.41, 5.74) is 0. The fraction of sp³-hybridized carbons (Fsp3) is 1.00. The van der Waals surface area contributed by atoms with Crippen LogP contribution >= 0.6 is 0 Å². The second-order valence-corrected chi connectivity index (χ2v) is 4.32. The Kier molecular flexibility index (Phi) is 3.74. The molecule has 0 bridgehead atoms. The maximum atomic E-state index is 5.90. The Balaban J connectivity index is 2.52. The van der Waals surface area contributed by atoms with Gasteiger partial charge in [-0.15, -0.1) is 0 Å². The van der Waals surface area contributed by atoms with E-state index >= 15 is 0 Å². The van der Waals surface area contributed by atoms with Crippen molar-refractivity contribution in [3.63, 3.8) is 0 Å². The van der Waals surface area contributed by atoms with E-state index in [2.05, 4.69) is 13.8 Å². The first-order valence-corrected chi connectivity index (χ1v) is 5.40. The Labute approximate surface area is 81.6 Å². The SMILES string of the molecule is CCC[C@H]1OC(C)(C)OC[C@H]1CC. The highest BCUT2D eigenvalue weighted by Gasteiger charge is 2.34. The van der Waals surface area contributed by atoms with Crippen molar-refractivity contribution in [3.8, 4) is 0 Å². The van der Waals surface area contributed by atoms with Gasteiger partial charge in [0.15, 0.2) is 5.79 Å². The molecule has 0 saturated carbocycles. The molecule has 0 aliphatic carbocycles. The van der Waals surface area contributed by atoms with Crippen LogP contribution in [0.1, 0.15) is 47.0 Å². The Morgan fingerprint density at radius 3 is 2.54 bits per heavy atom. The van der Waals surface area contributed by atoms with E-state index in [4.69, 9.17) is 9.47 Å². The van der Waals surface area contributed by atoms with Crippen LogP contribution in [0.5, 0.6) is 0 Å². The first-order valence-electron chi connectivity index (χ1n) is 5.40. The minimum atomic E-state index is -0.370. The largest absolute Gasteiger partial charge is 0.350 e. The van der Waals surface area contributed by atoms with E-state index in [9.17, 15) is 0 Å². The second-order valence-electron chi connectivity index (χ2n) is 4.32. The maximum Gasteiger partial charge on any atom is 0.163 e. The van der Waals surface area contributed by atoms with Crippen molar-refractivity contribution in [2.45, 2.75) is 58.8 Å². The molecular weight excluding hydrogens is 164 g/mol. The van der Waals surface area contributed by atoms with Gasteiger partial charge in [0, 0.05) is 5.92 Å². The first-order chi connectivity index (χ1) is 6.09. The van der Waals surface area contributed by atoms with E-state index in [0.29, 0.717) is 12.0 Å². The number of hydrogen-bond acceptors (Lipinski definition) is 2. The molecule has 2 heteroatoms. The second kappa shape index (κ2) is 4.43.